The Balaban J connectivity index is 2.00. The maximum atomic E-state index is 12.0. The number of primary amides is 1. The van der Waals surface area contributed by atoms with E-state index in [-0.39, 0.29) is 19.5 Å². The number of hydrogen-bond donors (Lipinski definition) is 3. The van der Waals surface area contributed by atoms with Crippen LogP contribution in [0.3, 0.4) is 0 Å². The standard InChI is InChI=1S/C19H23N3O4/c1-13(10-18(23)22(25)8-7-21-19(20)24)9-14-3-4-16-12-17(26-2)6-5-15(16)11-14/h3-6,9,11-12,25H,7-8,10H2,1-2H3,(H3,20,21,24). The van der Waals surface area contributed by atoms with Crippen LogP contribution in [-0.4, -0.2) is 42.4 Å². The monoisotopic (exact) mass is 357 g/mol. The number of nitrogens with zero attached hydrogens (tertiary/aromatic N) is 1. The molecular weight excluding hydrogens is 334 g/mol. The normalized spacial score (nSPS) is 11.3. The summed E-state index contributed by atoms with van der Waals surface area (Å²) in [6.45, 7) is 1.90. The summed E-state index contributed by atoms with van der Waals surface area (Å²) < 4.78 is 5.22. The van der Waals surface area contributed by atoms with Crippen molar-refractivity contribution in [3.05, 3.63) is 47.5 Å². The molecule has 2 rings (SSSR count). The zero-order valence-electron chi connectivity index (χ0n) is 14.9. The summed E-state index contributed by atoms with van der Waals surface area (Å²) in [4.78, 5) is 22.6. The van der Waals surface area contributed by atoms with E-state index in [1.54, 1.807) is 7.11 Å². The lowest BCUT2D eigenvalue weighted by Crippen LogP contribution is -2.38. The summed E-state index contributed by atoms with van der Waals surface area (Å²) in [7, 11) is 1.63. The van der Waals surface area contributed by atoms with Gasteiger partial charge in [-0.15, -0.1) is 0 Å². The van der Waals surface area contributed by atoms with Crippen LogP contribution in [0.25, 0.3) is 16.8 Å². The largest absolute Gasteiger partial charge is 0.497 e. The van der Waals surface area contributed by atoms with Crippen molar-refractivity contribution >= 4 is 28.8 Å². The first kappa shape index (κ1) is 19.3. The van der Waals surface area contributed by atoms with Crippen LogP contribution in [0, 0.1) is 0 Å². The quantitative estimate of drug-likeness (QED) is 0.523. The van der Waals surface area contributed by atoms with Gasteiger partial charge in [0.2, 0.25) is 5.91 Å². The average molecular weight is 357 g/mol. The number of rotatable bonds is 7. The van der Waals surface area contributed by atoms with E-state index in [1.165, 1.54) is 0 Å². The van der Waals surface area contributed by atoms with Gasteiger partial charge in [0, 0.05) is 6.54 Å². The van der Waals surface area contributed by atoms with E-state index in [1.807, 2.05) is 49.4 Å². The van der Waals surface area contributed by atoms with Gasteiger partial charge in [-0.05, 0) is 41.5 Å². The highest BCUT2D eigenvalue weighted by Crippen LogP contribution is 2.23. The highest BCUT2D eigenvalue weighted by molar-refractivity contribution is 5.86. The fraction of sp³-hybridized carbons (Fsp3) is 0.263. The molecule has 26 heavy (non-hydrogen) atoms. The van der Waals surface area contributed by atoms with E-state index in [0.717, 1.165) is 27.7 Å². The number of benzene rings is 2. The van der Waals surface area contributed by atoms with Crippen LogP contribution in [0.1, 0.15) is 18.9 Å². The number of carbonyl (C=O) groups excluding carboxylic acids is 2. The number of methoxy groups -OCH3 is 1. The first-order valence-corrected chi connectivity index (χ1v) is 8.16. The minimum absolute atomic E-state index is 0.0210. The Bertz CT molecular complexity index is 833. The van der Waals surface area contributed by atoms with Crippen molar-refractivity contribution in [2.45, 2.75) is 13.3 Å². The van der Waals surface area contributed by atoms with Crippen LogP contribution >= 0.6 is 0 Å². The van der Waals surface area contributed by atoms with Crippen molar-refractivity contribution in [3.63, 3.8) is 0 Å². The first-order valence-electron chi connectivity index (χ1n) is 8.16. The number of ether oxygens (including phenoxy) is 1. The van der Waals surface area contributed by atoms with Gasteiger partial charge in [0.1, 0.15) is 5.75 Å². The van der Waals surface area contributed by atoms with E-state index < -0.39 is 11.9 Å². The second-order valence-electron chi connectivity index (χ2n) is 5.95. The molecule has 0 fully saturated rings. The highest BCUT2D eigenvalue weighted by Gasteiger charge is 2.11. The van der Waals surface area contributed by atoms with Crippen LogP contribution < -0.4 is 15.8 Å². The summed E-state index contributed by atoms with van der Waals surface area (Å²) in [5, 5.41) is 14.7. The fourth-order valence-electron chi connectivity index (χ4n) is 2.53. The molecule has 2 aromatic carbocycles. The van der Waals surface area contributed by atoms with Crippen LogP contribution in [0.4, 0.5) is 4.79 Å². The molecule has 0 radical (unpaired) electrons. The minimum Gasteiger partial charge on any atom is -0.497 e. The smallest absolute Gasteiger partial charge is 0.312 e. The number of hydroxylamine groups is 2. The van der Waals surface area contributed by atoms with Gasteiger partial charge in [-0.2, -0.15) is 0 Å². The predicted octanol–water partition coefficient (Wildman–Crippen LogP) is 2.53. The maximum Gasteiger partial charge on any atom is 0.312 e. The molecular formula is C19H23N3O4. The van der Waals surface area contributed by atoms with Gasteiger partial charge in [0.05, 0.1) is 20.1 Å². The molecule has 0 aliphatic heterocycles. The zero-order valence-corrected chi connectivity index (χ0v) is 14.9. The Morgan fingerprint density at radius 3 is 2.62 bits per heavy atom. The minimum atomic E-state index is -0.698. The van der Waals surface area contributed by atoms with Crippen molar-refractivity contribution in [2.24, 2.45) is 5.73 Å². The van der Waals surface area contributed by atoms with Crippen molar-refractivity contribution in [1.29, 1.82) is 0 Å². The molecule has 0 saturated heterocycles. The van der Waals surface area contributed by atoms with E-state index in [4.69, 9.17) is 10.5 Å². The molecule has 0 aromatic heterocycles. The van der Waals surface area contributed by atoms with Crippen molar-refractivity contribution in [2.75, 3.05) is 20.2 Å². The predicted molar refractivity (Wildman–Crippen MR) is 99.9 cm³/mol. The molecule has 0 aliphatic rings. The third-order valence-electron chi connectivity index (χ3n) is 3.83. The lowest BCUT2D eigenvalue weighted by Gasteiger charge is -2.15. The Labute approximate surface area is 152 Å². The molecule has 3 amide bonds. The topological polar surface area (TPSA) is 105 Å². The second-order valence-corrected chi connectivity index (χ2v) is 5.95. The summed E-state index contributed by atoms with van der Waals surface area (Å²) in [6.07, 6.45) is 1.98. The van der Waals surface area contributed by atoms with Crippen molar-refractivity contribution in [1.82, 2.24) is 10.4 Å². The van der Waals surface area contributed by atoms with E-state index in [0.29, 0.717) is 5.06 Å². The molecule has 7 heteroatoms. The van der Waals surface area contributed by atoms with Crippen molar-refractivity contribution < 1.29 is 19.5 Å². The molecule has 7 nitrogen and oxygen atoms in total. The SMILES string of the molecule is COc1ccc2cc(C=C(C)CC(=O)N(O)CCNC(N)=O)ccc2c1. The van der Waals surface area contributed by atoms with Crippen LogP contribution in [0.2, 0.25) is 0 Å². The van der Waals surface area contributed by atoms with Gasteiger partial charge in [0.25, 0.3) is 0 Å². The van der Waals surface area contributed by atoms with E-state index in [9.17, 15) is 14.8 Å². The maximum absolute atomic E-state index is 12.0. The number of fused-ring (bicyclic) bond motifs is 1. The fourth-order valence-corrected chi connectivity index (χ4v) is 2.53. The molecule has 138 valence electrons. The van der Waals surface area contributed by atoms with Crippen molar-refractivity contribution in [3.8, 4) is 5.75 Å². The third kappa shape index (κ3) is 5.49. The lowest BCUT2D eigenvalue weighted by molar-refractivity contribution is -0.164. The Hall–Kier alpha value is -3.06. The zero-order chi connectivity index (χ0) is 19.1. The number of urea groups is 1. The number of hydrogen-bond acceptors (Lipinski definition) is 4. The van der Waals surface area contributed by atoms with E-state index >= 15 is 0 Å². The average Bonchev–Trinajstić information content (AvgIpc) is 2.60. The summed E-state index contributed by atoms with van der Waals surface area (Å²) in [5.41, 5.74) is 6.70. The molecule has 0 heterocycles. The summed E-state index contributed by atoms with van der Waals surface area (Å²) >= 11 is 0. The third-order valence-corrected chi connectivity index (χ3v) is 3.83. The summed E-state index contributed by atoms with van der Waals surface area (Å²) in [5.74, 6) is 0.354. The Morgan fingerprint density at radius 1 is 1.23 bits per heavy atom. The number of carbonyl (C=O) groups is 2. The number of nitrogens with one attached hydrogen (secondary N) is 1. The number of nitrogens with two attached hydrogens (primary N) is 1. The van der Waals surface area contributed by atoms with Gasteiger partial charge in [-0.25, -0.2) is 9.86 Å². The highest BCUT2D eigenvalue weighted by atomic mass is 16.5. The van der Waals surface area contributed by atoms with Crippen LogP contribution in [0.15, 0.2) is 42.0 Å². The van der Waals surface area contributed by atoms with E-state index in [2.05, 4.69) is 5.32 Å². The Morgan fingerprint density at radius 2 is 1.92 bits per heavy atom. The number of amides is 3. The molecule has 0 spiro atoms. The molecule has 0 bridgehead atoms. The van der Waals surface area contributed by atoms with Gasteiger partial charge < -0.3 is 15.8 Å². The lowest BCUT2D eigenvalue weighted by atomic mass is 10.0. The van der Waals surface area contributed by atoms with Gasteiger partial charge in [-0.3, -0.25) is 10.0 Å². The Kier molecular flexibility index (Phi) is 6.57. The van der Waals surface area contributed by atoms with Gasteiger partial charge in [-0.1, -0.05) is 29.8 Å². The first-order chi connectivity index (χ1) is 12.4. The molecule has 0 atom stereocenters. The van der Waals surface area contributed by atoms with Crippen LogP contribution in [-0.2, 0) is 4.79 Å². The second kappa shape index (κ2) is 8.87. The van der Waals surface area contributed by atoms with Crippen LogP contribution in [0.5, 0.6) is 5.75 Å². The molecule has 0 saturated carbocycles. The van der Waals surface area contributed by atoms with Gasteiger partial charge in [0.15, 0.2) is 0 Å². The molecule has 4 N–H and O–H groups in total. The van der Waals surface area contributed by atoms with Gasteiger partial charge >= 0.3 is 6.03 Å². The summed E-state index contributed by atoms with van der Waals surface area (Å²) in [6, 6.07) is 11.1. The molecule has 0 aliphatic carbocycles. The molecule has 0 unspecified atom stereocenters. The molecule has 2 aromatic rings.